The molecule has 1 aliphatic rings. The van der Waals surface area contributed by atoms with Gasteiger partial charge in [0, 0.05) is 13.2 Å². The first-order valence-corrected chi connectivity index (χ1v) is 8.27. The van der Waals surface area contributed by atoms with E-state index >= 15 is 0 Å². The Kier molecular flexibility index (Phi) is 6.82. The second-order valence-corrected chi connectivity index (χ2v) is 6.83. The minimum atomic E-state index is -0.0276. The van der Waals surface area contributed by atoms with Crippen LogP contribution >= 0.6 is 0 Å². The number of hydrogen-bond donors (Lipinski definition) is 1. The summed E-state index contributed by atoms with van der Waals surface area (Å²) in [6.07, 6.45) is 6.34. The zero-order valence-corrected chi connectivity index (χ0v) is 14.0. The zero-order valence-electron chi connectivity index (χ0n) is 14.0. The van der Waals surface area contributed by atoms with Gasteiger partial charge in [0.2, 0.25) is 0 Å². The Morgan fingerprint density at radius 2 is 1.89 bits per heavy atom. The predicted octanol–water partition coefficient (Wildman–Crippen LogP) is 4.24. The lowest BCUT2D eigenvalue weighted by Gasteiger charge is -2.45. The molecule has 0 amide bonds. The summed E-state index contributed by atoms with van der Waals surface area (Å²) >= 11 is 0. The van der Waals surface area contributed by atoms with Gasteiger partial charge in [-0.05, 0) is 56.9 Å². The van der Waals surface area contributed by atoms with Gasteiger partial charge in [-0.15, -0.1) is 0 Å². The molecule has 1 saturated carbocycles. The van der Waals surface area contributed by atoms with Gasteiger partial charge in [-0.25, -0.2) is 0 Å². The van der Waals surface area contributed by atoms with Crippen molar-refractivity contribution in [3.05, 3.63) is 0 Å². The lowest BCUT2D eigenvalue weighted by atomic mass is 9.69. The Hall–Kier alpha value is -0.0800. The molecule has 5 unspecified atom stereocenters. The molecule has 0 aromatic rings. The molecule has 0 aromatic heterocycles. The van der Waals surface area contributed by atoms with Crippen molar-refractivity contribution >= 4 is 0 Å². The molecule has 0 aromatic carbocycles. The van der Waals surface area contributed by atoms with Gasteiger partial charge in [0.1, 0.15) is 0 Å². The summed E-state index contributed by atoms with van der Waals surface area (Å²) in [5, 5.41) is 3.79. The molecule has 0 spiro atoms. The van der Waals surface area contributed by atoms with Gasteiger partial charge in [-0.2, -0.15) is 0 Å². The van der Waals surface area contributed by atoms with Crippen molar-refractivity contribution in [2.24, 2.45) is 17.8 Å². The molecule has 1 N–H and O–H groups in total. The van der Waals surface area contributed by atoms with Gasteiger partial charge in [0.25, 0.3) is 0 Å². The fraction of sp³-hybridized carbons (Fsp3) is 1.00. The highest BCUT2D eigenvalue weighted by molar-refractivity contribution is 4.95. The number of hydrogen-bond acceptors (Lipinski definition) is 2. The number of nitrogens with one attached hydrogen (secondary N) is 1. The largest absolute Gasteiger partial charge is 0.377 e. The Morgan fingerprint density at radius 1 is 1.21 bits per heavy atom. The van der Waals surface area contributed by atoms with Crippen LogP contribution in [0.15, 0.2) is 0 Å². The number of ether oxygens (including phenoxy) is 1. The highest BCUT2D eigenvalue weighted by Crippen LogP contribution is 2.39. The van der Waals surface area contributed by atoms with Gasteiger partial charge < -0.3 is 10.1 Å². The molecule has 2 nitrogen and oxygen atoms in total. The van der Waals surface area contributed by atoms with E-state index in [-0.39, 0.29) is 5.60 Å². The molecule has 1 rings (SSSR count). The highest BCUT2D eigenvalue weighted by atomic mass is 16.5. The van der Waals surface area contributed by atoms with Crippen LogP contribution in [0.25, 0.3) is 0 Å². The molecule has 0 saturated heterocycles. The van der Waals surface area contributed by atoms with Gasteiger partial charge >= 0.3 is 0 Å². The van der Waals surface area contributed by atoms with Crippen molar-refractivity contribution in [2.75, 3.05) is 13.7 Å². The Bertz CT molecular complexity index is 250. The van der Waals surface area contributed by atoms with Crippen LogP contribution in [0.3, 0.4) is 0 Å². The van der Waals surface area contributed by atoms with E-state index in [4.69, 9.17) is 4.74 Å². The molecular formula is C17H35NO. The fourth-order valence-electron chi connectivity index (χ4n) is 3.56. The van der Waals surface area contributed by atoms with Crippen molar-refractivity contribution in [1.82, 2.24) is 5.32 Å². The predicted molar refractivity (Wildman–Crippen MR) is 83.5 cm³/mol. The van der Waals surface area contributed by atoms with Gasteiger partial charge in [0.15, 0.2) is 0 Å². The van der Waals surface area contributed by atoms with Crippen molar-refractivity contribution < 1.29 is 4.74 Å². The lowest BCUT2D eigenvalue weighted by Crippen LogP contribution is -2.55. The van der Waals surface area contributed by atoms with E-state index in [1.165, 1.54) is 25.7 Å². The standard InChI is InChI=1S/C17H35NO/c1-7-11-18-16(17(5,8-2)19-6)15-10-9-13(3)14(4)12-15/h13-16,18H,7-12H2,1-6H3. The third-order valence-electron chi connectivity index (χ3n) is 5.55. The summed E-state index contributed by atoms with van der Waals surface area (Å²) in [5.74, 6) is 2.50. The molecule has 2 heteroatoms. The van der Waals surface area contributed by atoms with E-state index in [0.29, 0.717) is 6.04 Å². The first-order chi connectivity index (χ1) is 8.98. The summed E-state index contributed by atoms with van der Waals surface area (Å²) in [6, 6.07) is 0.498. The van der Waals surface area contributed by atoms with E-state index in [2.05, 4.69) is 39.9 Å². The van der Waals surface area contributed by atoms with Gasteiger partial charge in [-0.3, -0.25) is 0 Å². The molecule has 114 valence electrons. The normalized spacial score (nSPS) is 32.8. The number of methoxy groups -OCH3 is 1. The molecule has 0 aliphatic heterocycles. The quantitative estimate of drug-likeness (QED) is 0.746. The summed E-state index contributed by atoms with van der Waals surface area (Å²) in [5.41, 5.74) is -0.0276. The van der Waals surface area contributed by atoms with Crippen molar-refractivity contribution in [3.8, 4) is 0 Å². The zero-order chi connectivity index (χ0) is 14.5. The van der Waals surface area contributed by atoms with Crippen LogP contribution in [0.5, 0.6) is 0 Å². The Balaban J connectivity index is 2.78. The Morgan fingerprint density at radius 3 is 2.37 bits per heavy atom. The van der Waals surface area contributed by atoms with Crippen LogP contribution in [-0.4, -0.2) is 25.3 Å². The fourth-order valence-corrected chi connectivity index (χ4v) is 3.56. The van der Waals surface area contributed by atoms with Crippen molar-refractivity contribution in [1.29, 1.82) is 0 Å². The minimum absolute atomic E-state index is 0.0276. The third kappa shape index (κ3) is 4.19. The Labute approximate surface area is 120 Å². The van der Waals surface area contributed by atoms with Crippen LogP contribution < -0.4 is 5.32 Å². The van der Waals surface area contributed by atoms with E-state index < -0.39 is 0 Å². The van der Waals surface area contributed by atoms with Gasteiger partial charge in [0.05, 0.1) is 5.60 Å². The monoisotopic (exact) mass is 269 g/mol. The average Bonchev–Trinajstić information content (AvgIpc) is 2.42. The number of rotatable bonds is 7. The topological polar surface area (TPSA) is 21.3 Å². The van der Waals surface area contributed by atoms with Crippen molar-refractivity contribution in [3.63, 3.8) is 0 Å². The van der Waals surface area contributed by atoms with Crippen LogP contribution in [0.1, 0.15) is 66.7 Å². The molecule has 0 bridgehead atoms. The van der Waals surface area contributed by atoms with E-state index in [0.717, 1.165) is 30.7 Å². The molecule has 1 aliphatic carbocycles. The highest BCUT2D eigenvalue weighted by Gasteiger charge is 2.40. The van der Waals surface area contributed by atoms with Crippen molar-refractivity contribution in [2.45, 2.75) is 78.4 Å². The second kappa shape index (κ2) is 7.64. The molecule has 1 fully saturated rings. The summed E-state index contributed by atoms with van der Waals surface area (Å²) in [6.45, 7) is 12.7. The van der Waals surface area contributed by atoms with E-state index in [1.807, 2.05) is 7.11 Å². The van der Waals surface area contributed by atoms with E-state index in [1.54, 1.807) is 0 Å². The molecule has 19 heavy (non-hydrogen) atoms. The minimum Gasteiger partial charge on any atom is -0.377 e. The maximum atomic E-state index is 5.90. The first kappa shape index (κ1) is 17.0. The van der Waals surface area contributed by atoms with Gasteiger partial charge in [-0.1, -0.05) is 34.1 Å². The van der Waals surface area contributed by atoms with E-state index in [9.17, 15) is 0 Å². The molecular weight excluding hydrogens is 234 g/mol. The maximum absolute atomic E-state index is 5.90. The third-order valence-corrected chi connectivity index (χ3v) is 5.55. The summed E-state index contributed by atoms with van der Waals surface area (Å²) in [7, 11) is 1.87. The van der Waals surface area contributed by atoms with Crippen LogP contribution in [0.2, 0.25) is 0 Å². The molecule has 0 heterocycles. The van der Waals surface area contributed by atoms with Crippen LogP contribution in [0.4, 0.5) is 0 Å². The van der Waals surface area contributed by atoms with Crippen LogP contribution in [-0.2, 0) is 4.74 Å². The summed E-state index contributed by atoms with van der Waals surface area (Å²) in [4.78, 5) is 0. The lowest BCUT2D eigenvalue weighted by molar-refractivity contribution is -0.0548. The molecule has 0 radical (unpaired) electrons. The second-order valence-electron chi connectivity index (χ2n) is 6.83. The van der Waals surface area contributed by atoms with Crippen LogP contribution in [0, 0.1) is 17.8 Å². The molecule has 5 atom stereocenters. The summed E-state index contributed by atoms with van der Waals surface area (Å²) < 4.78 is 5.90. The average molecular weight is 269 g/mol. The maximum Gasteiger partial charge on any atom is 0.0803 e. The SMILES string of the molecule is CCCNC(C1CCC(C)C(C)C1)C(C)(CC)OC. The smallest absolute Gasteiger partial charge is 0.0803 e. The first-order valence-electron chi connectivity index (χ1n) is 8.27.